The molecule has 0 spiro atoms. The molecule has 0 aliphatic rings. The van der Waals surface area contributed by atoms with Crippen molar-refractivity contribution in [2.45, 2.75) is 6.92 Å². The highest BCUT2D eigenvalue weighted by Crippen LogP contribution is 2.27. The number of hydrogen-bond acceptors (Lipinski definition) is 2. The van der Waals surface area contributed by atoms with Gasteiger partial charge in [0.05, 0.1) is 13.7 Å². The van der Waals surface area contributed by atoms with Crippen LogP contribution in [0.25, 0.3) is 23.3 Å². The van der Waals surface area contributed by atoms with Gasteiger partial charge in [-0.2, -0.15) is 4.39 Å². The van der Waals surface area contributed by atoms with Gasteiger partial charge in [-0.1, -0.05) is 36.4 Å². The lowest BCUT2D eigenvalue weighted by Crippen LogP contribution is -1.94. The van der Waals surface area contributed by atoms with E-state index in [1.807, 2.05) is 6.92 Å². The molecule has 3 aromatic rings. The third kappa shape index (κ3) is 4.19. The van der Waals surface area contributed by atoms with Crippen molar-refractivity contribution in [3.05, 3.63) is 83.2 Å². The number of rotatable bonds is 6. The summed E-state index contributed by atoms with van der Waals surface area (Å²) in [5.74, 6) is -2.02. The summed E-state index contributed by atoms with van der Waals surface area (Å²) in [6.45, 7) is 2.31. The molecule has 0 radical (unpaired) electrons. The lowest BCUT2D eigenvalue weighted by atomic mass is 10.0. The van der Waals surface area contributed by atoms with Crippen LogP contribution in [0.15, 0.2) is 54.6 Å². The van der Waals surface area contributed by atoms with Crippen LogP contribution in [0.3, 0.4) is 0 Å². The third-order valence-electron chi connectivity index (χ3n) is 4.23. The molecular weight excluding hydrogens is 365 g/mol. The largest absolute Gasteiger partial charge is 0.494 e. The first-order valence-corrected chi connectivity index (χ1v) is 8.76. The first kappa shape index (κ1) is 19.5. The summed E-state index contributed by atoms with van der Waals surface area (Å²) in [6, 6.07) is 14.6. The van der Waals surface area contributed by atoms with E-state index in [-0.39, 0.29) is 17.1 Å². The zero-order valence-electron chi connectivity index (χ0n) is 15.5. The van der Waals surface area contributed by atoms with Gasteiger partial charge in [-0.15, -0.1) is 0 Å². The fraction of sp³-hybridized carbons (Fsp3) is 0.130. The Kier molecular flexibility index (Phi) is 6.04. The van der Waals surface area contributed by atoms with Crippen LogP contribution in [-0.4, -0.2) is 13.7 Å². The molecule has 0 fully saturated rings. The molecule has 0 aliphatic carbocycles. The van der Waals surface area contributed by atoms with Crippen molar-refractivity contribution in [3.8, 4) is 22.6 Å². The fourth-order valence-electron chi connectivity index (χ4n) is 2.78. The van der Waals surface area contributed by atoms with Crippen LogP contribution >= 0.6 is 0 Å². The van der Waals surface area contributed by atoms with E-state index in [1.165, 1.54) is 31.4 Å². The molecule has 0 heterocycles. The van der Waals surface area contributed by atoms with E-state index in [9.17, 15) is 13.2 Å². The van der Waals surface area contributed by atoms with Crippen molar-refractivity contribution in [2.75, 3.05) is 13.7 Å². The minimum absolute atomic E-state index is 0.111. The monoisotopic (exact) mass is 384 g/mol. The number of ether oxygens (including phenoxy) is 2. The van der Waals surface area contributed by atoms with Gasteiger partial charge >= 0.3 is 0 Å². The van der Waals surface area contributed by atoms with Gasteiger partial charge in [-0.3, -0.25) is 0 Å². The second-order valence-corrected chi connectivity index (χ2v) is 6.02. The molecule has 0 atom stereocenters. The summed E-state index contributed by atoms with van der Waals surface area (Å²) in [5.41, 5.74) is 2.05. The van der Waals surface area contributed by atoms with Gasteiger partial charge in [0.15, 0.2) is 11.6 Å². The van der Waals surface area contributed by atoms with Crippen molar-refractivity contribution in [1.29, 1.82) is 0 Å². The second kappa shape index (κ2) is 8.65. The van der Waals surface area contributed by atoms with E-state index < -0.39 is 11.6 Å². The molecule has 3 aromatic carbocycles. The average molecular weight is 384 g/mol. The van der Waals surface area contributed by atoms with E-state index in [4.69, 9.17) is 9.47 Å². The molecule has 3 rings (SSSR count). The van der Waals surface area contributed by atoms with Gasteiger partial charge in [0.2, 0.25) is 5.82 Å². The Morgan fingerprint density at radius 1 is 0.857 bits per heavy atom. The molecule has 0 saturated carbocycles. The van der Waals surface area contributed by atoms with Crippen LogP contribution in [0.5, 0.6) is 11.5 Å². The minimum atomic E-state index is -1.02. The Labute approximate surface area is 161 Å². The first-order chi connectivity index (χ1) is 13.5. The van der Waals surface area contributed by atoms with Crippen molar-refractivity contribution in [3.63, 3.8) is 0 Å². The quantitative estimate of drug-likeness (QED) is 0.461. The molecule has 2 nitrogen and oxygen atoms in total. The number of halogens is 3. The lowest BCUT2D eigenvalue weighted by Gasteiger charge is -2.07. The summed E-state index contributed by atoms with van der Waals surface area (Å²) in [5, 5.41) is 0. The molecule has 0 aliphatic heterocycles. The number of hydrogen-bond donors (Lipinski definition) is 0. The van der Waals surface area contributed by atoms with Gasteiger partial charge in [0.25, 0.3) is 0 Å². The van der Waals surface area contributed by atoms with E-state index >= 15 is 0 Å². The van der Waals surface area contributed by atoms with Crippen LogP contribution in [0, 0.1) is 17.5 Å². The predicted octanol–water partition coefficient (Wildman–Crippen LogP) is 6.35. The van der Waals surface area contributed by atoms with E-state index in [0.717, 1.165) is 5.56 Å². The molecule has 0 N–H and O–H groups in total. The zero-order valence-corrected chi connectivity index (χ0v) is 15.5. The Bertz CT molecular complexity index is 995. The molecule has 0 saturated heterocycles. The van der Waals surface area contributed by atoms with E-state index in [0.29, 0.717) is 23.5 Å². The summed E-state index contributed by atoms with van der Waals surface area (Å²) in [6.07, 6.45) is 3.13. The average Bonchev–Trinajstić information content (AvgIpc) is 2.70. The maximum absolute atomic E-state index is 14.3. The highest BCUT2D eigenvalue weighted by atomic mass is 19.2. The summed E-state index contributed by atoms with van der Waals surface area (Å²) in [4.78, 5) is 0. The topological polar surface area (TPSA) is 18.5 Å². The molecule has 0 aromatic heterocycles. The highest BCUT2D eigenvalue weighted by Gasteiger charge is 2.12. The van der Waals surface area contributed by atoms with Crippen LogP contribution in [0.2, 0.25) is 0 Å². The molecule has 28 heavy (non-hydrogen) atoms. The first-order valence-electron chi connectivity index (χ1n) is 8.76. The number of benzene rings is 3. The Balaban J connectivity index is 1.80. The normalized spacial score (nSPS) is 11.0. The smallest absolute Gasteiger partial charge is 0.201 e. The van der Waals surface area contributed by atoms with Crippen LogP contribution in [0.1, 0.15) is 18.1 Å². The molecule has 0 amide bonds. The Morgan fingerprint density at radius 3 is 2.25 bits per heavy atom. The van der Waals surface area contributed by atoms with Crippen molar-refractivity contribution in [2.24, 2.45) is 0 Å². The summed E-state index contributed by atoms with van der Waals surface area (Å²) in [7, 11) is 1.28. The predicted molar refractivity (Wildman–Crippen MR) is 105 cm³/mol. The van der Waals surface area contributed by atoms with Crippen LogP contribution in [0.4, 0.5) is 13.2 Å². The van der Waals surface area contributed by atoms with Gasteiger partial charge in [-0.25, -0.2) is 8.78 Å². The Morgan fingerprint density at radius 2 is 1.61 bits per heavy atom. The van der Waals surface area contributed by atoms with Gasteiger partial charge in [0.1, 0.15) is 11.6 Å². The SMILES string of the molecule is CCOc1ccc(-c2ccc(/C=C/c3ccc(OC)c(F)c3F)cc2)c(F)c1. The maximum atomic E-state index is 14.3. The second-order valence-electron chi connectivity index (χ2n) is 6.02. The highest BCUT2D eigenvalue weighted by molar-refractivity contribution is 5.73. The number of methoxy groups -OCH3 is 1. The standard InChI is InChI=1S/C23H19F3O2/c1-3-28-18-11-12-19(20(24)14-18)16-7-4-15(5-8-16)6-9-17-10-13-21(27-2)23(26)22(17)25/h4-14H,3H2,1-2H3/b9-6+. The lowest BCUT2D eigenvalue weighted by molar-refractivity contribution is 0.338. The minimum Gasteiger partial charge on any atom is -0.494 e. The van der Waals surface area contributed by atoms with Crippen molar-refractivity contribution < 1.29 is 22.6 Å². The summed E-state index contributed by atoms with van der Waals surface area (Å²) >= 11 is 0. The molecule has 144 valence electrons. The van der Waals surface area contributed by atoms with E-state index in [1.54, 1.807) is 42.5 Å². The van der Waals surface area contributed by atoms with Gasteiger partial charge < -0.3 is 9.47 Å². The van der Waals surface area contributed by atoms with Crippen LogP contribution < -0.4 is 9.47 Å². The van der Waals surface area contributed by atoms with Crippen molar-refractivity contribution >= 4 is 12.2 Å². The van der Waals surface area contributed by atoms with Gasteiger partial charge in [0, 0.05) is 17.2 Å². The molecule has 0 bridgehead atoms. The maximum Gasteiger partial charge on any atom is 0.201 e. The third-order valence-corrected chi connectivity index (χ3v) is 4.23. The van der Waals surface area contributed by atoms with Crippen LogP contribution in [-0.2, 0) is 0 Å². The van der Waals surface area contributed by atoms with Crippen molar-refractivity contribution in [1.82, 2.24) is 0 Å². The molecule has 5 heteroatoms. The fourth-order valence-corrected chi connectivity index (χ4v) is 2.78. The van der Waals surface area contributed by atoms with Gasteiger partial charge in [-0.05, 0) is 42.3 Å². The Hall–Kier alpha value is -3.21. The molecular formula is C23H19F3O2. The zero-order chi connectivity index (χ0) is 20.1. The molecule has 0 unspecified atom stereocenters. The summed E-state index contributed by atoms with van der Waals surface area (Å²) < 4.78 is 52.1. The van der Waals surface area contributed by atoms with E-state index in [2.05, 4.69) is 0 Å².